The molecule has 0 bridgehead atoms. The van der Waals surface area contributed by atoms with Crippen LogP contribution in [0.25, 0.3) is 22.0 Å². The molecule has 1 aromatic heterocycles. The van der Waals surface area contributed by atoms with Crippen molar-refractivity contribution in [3.8, 4) is 11.3 Å². The number of hydrogen-bond donors (Lipinski definition) is 1. The standard InChI is InChI=1S/C22H18N2O3S2/c1-29(26,27)17-11-9-15(10-12-17)13-21(25)24-22-23-20(14-28-22)19-8-4-6-16-5-2-3-7-18(16)19/h2-12,14H,13H2,1H3,(H,23,24,25). The zero-order valence-corrected chi connectivity index (χ0v) is 17.3. The van der Waals surface area contributed by atoms with Crippen LogP contribution in [0.15, 0.2) is 77.0 Å². The van der Waals surface area contributed by atoms with Gasteiger partial charge in [-0.15, -0.1) is 11.3 Å². The second-order valence-electron chi connectivity index (χ2n) is 6.71. The van der Waals surface area contributed by atoms with Gasteiger partial charge in [0.05, 0.1) is 17.0 Å². The molecule has 5 nitrogen and oxygen atoms in total. The predicted molar refractivity (Wildman–Crippen MR) is 117 cm³/mol. The maximum absolute atomic E-state index is 12.4. The molecule has 7 heteroatoms. The van der Waals surface area contributed by atoms with Gasteiger partial charge in [0, 0.05) is 17.2 Å². The number of sulfone groups is 1. The SMILES string of the molecule is CS(=O)(=O)c1ccc(CC(=O)Nc2nc(-c3cccc4ccccc34)cs2)cc1. The lowest BCUT2D eigenvalue weighted by Gasteiger charge is -2.04. The lowest BCUT2D eigenvalue weighted by molar-refractivity contribution is -0.115. The van der Waals surface area contributed by atoms with Crippen LogP contribution in [0.4, 0.5) is 5.13 Å². The summed E-state index contributed by atoms with van der Waals surface area (Å²) in [5.41, 5.74) is 2.58. The van der Waals surface area contributed by atoms with E-state index in [1.54, 1.807) is 12.1 Å². The minimum absolute atomic E-state index is 0.146. The number of hydrogen-bond acceptors (Lipinski definition) is 5. The number of carbonyl (C=O) groups excluding carboxylic acids is 1. The fourth-order valence-corrected chi connectivity index (χ4v) is 4.46. The molecular weight excluding hydrogens is 404 g/mol. The first kappa shape index (κ1) is 19.3. The van der Waals surface area contributed by atoms with Crippen LogP contribution in [0.3, 0.4) is 0 Å². The molecule has 146 valence electrons. The molecule has 1 N–H and O–H groups in total. The number of carbonyl (C=O) groups is 1. The van der Waals surface area contributed by atoms with E-state index in [9.17, 15) is 13.2 Å². The van der Waals surface area contributed by atoms with E-state index in [1.165, 1.54) is 23.5 Å². The maximum atomic E-state index is 12.4. The van der Waals surface area contributed by atoms with Crippen LogP contribution >= 0.6 is 11.3 Å². The van der Waals surface area contributed by atoms with E-state index in [2.05, 4.69) is 28.5 Å². The molecule has 0 aliphatic carbocycles. The predicted octanol–water partition coefficient (Wildman–Crippen LogP) is 4.55. The molecule has 4 rings (SSSR count). The Balaban J connectivity index is 1.48. The Morgan fingerprint density at radius 3 is 2.48 bits per heavy atom. The summed E-state index contributed by atoms with van der Waals surface area (Å²) in [7, 11) is -3.24. The number of anilines is 1. The van der Waals surface area contributed by atoms with E-state index >= 15 is 0 Å². The number of fused-ring (bicyclic) bond motifs is 1. The van der Waals surface area contributed by atoms with E-state index in [-0.39, 0.29) is 17.2 Å². The first-order chi connectivity index (χ1) is 13.9. The summed E-state index contributed by atoms with van der Waals surface area (Å²) in [4.78, 5) is 17.2. The third kappa shape index (κ3) is 4.36. The van der Waals surface area contributed by atoms with Gasteiger partial charge in [-0.05, 0) is 28.5 Å². The number of aromatic nitrogens is 1. The molecule has 1 amide bonds. The topological polar surface area (TPSA) is 76.1 Å². The van der Waals surface area contributed by atoms with Crippen LogP contribution in [0, 0.1) is 0 Å². The Labute approximate surface area is 173 Å². The quantitative estimate of drug-likeness (QED) is 0.512. The molecule has 0 aliphatic rings. The van der Waals surface area contributed by atoms with Crippen LogP contribution in [-0.2, 0) is 21.1 Å². The van der Waals surface area contributed by atoms with Gasteiger partial charge < -0.3 is 5.32 Å². The fraction of sp³-hybridized carbons (Fsp3) is 0.0909. The van der Waals surface area contributed by atoms with Gasteiger partial charge in [-0.25, -0.2) is 13.4 Å². The van der Waals surface area contributed by atoms with Crippen LogP contribution in [0.5, 0.6) is 0 Å². The van der Waals surface area contributed by atoms with Gasteiger partial charge >= 0.3 is 0 Å². The van der Waals surface area contributed by atoms with E-state index in [0.717, 1.165) is 33.8 Å². The minimum atomic E-state index is -3.24. The monoisotopic (exact) mass is 422 g/mol. The van der Waals surface area contributed by atoms with Crippen molar-refractivity contribution in [3.63, 3.8) is 0 Å². The van der Waals surface area contributed by atoms with Gasteiger partial charge in [0.15, 0.2) is 15.0 Å². The summed E-state index contributed by atoms with van der Waals surface area (Å²) in [6.45, 7) is 0. The van der Waals surface area contributed by atoms with Gasteiger partial charge in [-0.1, -0.05) is 54.6 Å². The van der Waals surface area contributed by atoms with Crippen molar-refractivity contribution in [2.45, 2.75) is 11.3 Å². The molecule has 0 fully saturated rings. The molecule has 4 aromatic rings. The highest BCUT2D eigenvalue weighted by Gasteiger charge is 2.12. The molecule has 3 aromatic carbocycles. The highest BCUT2D eigenvalue weighted by atomic mass is 32.2. The van der Waals surface area contributed by atoms with E-state index in [4.69, 9.17) is 0 Å². The zero-order valence-electron chi connectivity index (χ0n) is 15.6. The minimum Gasteiger partial charge on any atom is -0.302 e. The molecule has 0 atom stereocenters. The van der Waals surface area contributed by atoms with E-state index in [1.807, 2.05) is 29.6 Å². The normalized spacial score (nSPS) is 11.5. The summed E-state index contributed by atoms with van der Waals surface area (Å²) in [5, 5.41) is 7.54. The summed E-state index contributed by atoms with van der Waals surface area (Å²) < 4.78 is 23.0. The largest absolute Gasteiger partial charge is 0.302 e. The number of nitrogens with one attached hydrogen (secondary N) is 1. The molecule has 0 spiro atoms. The van der Waals surface area contributed by atoms with Gasteiger partial charge in [-0.2, -0.15) is 0 Å². The van der Waals surface area contributed by atoms with Crippen LogP contribution in [0.2, 0.25) is 0 Å². The smallest absolute Gasteiger partial charge is 0.230 e. The van der Waals surface area contributed by atoms with Crippen molar-refractivity contribution >= 4 is 43.0 Å². The number of nitrogens with zero attached hydrogens (tertiary/aromatic N) is 1. The number of benzene rings is 3. The molecular formula is C22H18N2O3S2. The average Bonchev–Trinajstić information content (AvgIpc) is 3.15. The molecule has 0 radical (unpaired) electrons. The van der Waals surface area contributed by atoms with Crippen molar-refractivity contribution in [2.75, 3.05) is 11.6 Å². The second kappa shape index (κ2) is 7.77. The first-order valence-corrected chi connectivity index (χ1v) is 11.7. The van der Waals surface area contributed by atoms with E-state index < -0.39 is 9.84 Å². The summed E-state index contributed by atoms with van der Waals surface area (Å²) >= 11 is 1.38. The van der Waals surface area contributed by atoms with Gasteiger partial charge in [0.2, 0.25) is 5.91 Å². The molecule has 0 saturated carbocycles. The van der Waals surface area contributed by atoms with Crippen LogP contribution in [0.1, 0.15) is 5.56 Å². The molecule has 0 unspecified atom stereocenters. The fourth-order valence-electron chi connectivity index (χ4n) is 3.11. The summed E-state index contributed by atoms with van der Waals surface area (Å²) in [6, 6.07) is 20.5. The Kier molecular flexibility index (Phi) is 5.17. The van der Waals surface area contributed by atoms with Crippen molar-refractivity contribution in [1.29, 1.82) is 0 Å². The molecule has 29 heavy (non-hydrogen) atoms. The molecule has 0 aliphatic heterocycles. The molecule has 0 saturated heterocycles. The number of amides is 1. The highest BCUT2D eigenvalue weighted by Crippen LogP contribution is 2.31. The van der Waals surface area contributed by atoms with Crippen LogP contribution in [-0.4, -0.2) is 25.6 Å². The third-order valence-electron chi connectivity index (χ3n) is 4.53. The summed E-state index contributed by atoms with van der Waals surface area (Å²) in [5.74, 6) is -0.198. The molecule has 1 heterocycles. The first-order valence-electron chi connectivity index (χ1n) is 8.93. The van der Waals surface area contributed by atoms with Crippen molar-refractivity contribution in [2.24, 2.45) is 0 Å². The maximum Gasteiger partial charge on any atom is 0.230 e. The summed E-state index contributed by atoms with van der Waals surface area (Å²) in [6.07, 6.45) is 1.30. The Morgan fingerprint density at radius 1 is 1.00 bits per heavy atom. The Morgan fingerprint density at radius 2 is 1.72 bits per heavy atom. The van der Waals surface area contributed by atoms with Gasteiger partial charge in [0.1, 0.15) is 0 Å². The van der Waals surface area contributed by atoms with Crippen molar-refractivity contribution in [3.05, 3.63) is 77.7 Å². The second-order valence-corrected chi connectivity index (χ2v) is 9.58. The Hall–Kier alpha value is -3.03. The third-order valence-corrected chi connectivity index (χ3v) is 6.42. The number of thiazole rings is 1. The Bertz CT molecular complexity index is 1290. The van der Waals surface area contributed by atoms with Crippen molar-refractivity contribution < 1.29 is 13.2 Å². The van der Waals surface area contributed by atoms with Crippen LogP contribution < -0.4 is 5.32 Å². The lowest BCUT2D eigenvalue weighted by Crippen LogP contribution is -2.14. The zero-order chi connectivity index (χ0) is 20.4. The van der Waals surface area contributed by atoms with E-state index in [0.29, 0.717) is 5.13 Å². The average molecular weight is 423 g/mol. The van der Waals surface area contributed by atoms with Gasteiger partial charge in [0.25, 0.3) is 0 Å². The highest BCUT2D eigenvalue weighted by molar-refractivity contribution is 7.90. The van der Waals surface area contributed by atoms with Crippen molar-refractivity contribution in [1.82, 2.24) is 4.98 Å². The number of rotatable bonds is 5. The van der Waals surface area contributed by atoms with Gasteiger partial charge in [-0.3, -0.25) is 4.79 Å². The lowest BCUT2D eigenvalue weighted by atomic mass is 10.0.